The van der Waals surface area contributed by atoms with Crippen LogP contribution in [0.15, 0.2) is 24.3 Å². The van der Waals surface area contributed by atoms with Crippen molar-refractivity contribution in [1.29, 1.82) is 0 Å². The van der Waals surface area contributed by atoms with Crippen molar-refractivity contribution in [2.24, 2.45) is 0 Å². The highest BCUT2D eigenvalue weighted by atomic mass is 35.5. The third-order valence-electron chi connectivity index (χ3n) is 4.26. The van der Waals surface area contributed by atoms with E-state index in [1.165, 1.54) is 11.1 Å². The van der Waals surface area contributed by atoms with Gasteiger partial charge in [0.25, 0.3) is 0 Å². The summed E-state index contributed by atoms with van der Waals surface area (Å²) in [6.07, 6.45) is 0.454. The molecule has 22 heavy (non-hydrogen) atoms. The minimum Gasteiger partial charge on any atom is -0.340 e. The molecular weight excluding hydrogens is 296 g/mol. The fourth-order valence-electron chi connectivity index (χ4n) is 2.76. The van der Waals surface area contributed by atoms with Gasteiger partial charge in [-0.05, 0) is 16.5 Å². The zero-order valence-corrected chi connectivity index (χ0v) is 14.7. The summed E-state index contributed by atoms with van der Waals surface area (Å²) in [5, 5.41) is 0. The van der Waals surface area contributed by atoms with Crippen molar-refractivity contribution < 1.29 is 4.79 Å². The van der Waals surface area contributed by atoms with E-state index in [1.54, 1.807) is 0 Å². The third-order valence-corrected chi connectivity index (χ3v) is 4.45. The monoisotopic (exact) mass is 322 g/mol. The van der Waals surface area contributed by atoms with Gasteiger partial charge in [-0.1, -0.05) is 45.0 Å². The number of carbonyl (C=O) groups is 1. The van der Waals surface area contributed by atoms with Crippen LogP contribution in [-0.4, -0.2) is 47.8 Å². The topological polar surface area (TPSA) is 23.6 Å². The number of hydrogen-bond acceptors (Lipinski definition) is 2. The van der Waals surface area contributed by atoms with Crippen LogP contribution in [0.1, 0.15) is 38.3 Å². The molecule has 1 aliphatic heterocycles. The Bertz CT molecular complexity index is 485. The first-order valence-electron chi connectivity index (χ1n) is 8.05. The maximum absolute atomic E-state index is 11.8. The van der Waals surface area contributed by atoms with Gasteiger partial charge in [0, 0.05) is 45.0 Å². The van der Waals surface area contributed by atoms with Gasteiger partial charge in [-0.2, -0.15) is 0 Å². The number of hydrogen-bond donors (Lipinski definition) is 0. The normalized spacial score (nSPS) is 16.8. The van der Waals surface area contributed by atoms with Crippen molar-refractivity contribution in [3.8, 4) is 0 Å². The Hall–Kier alpha value is -1.06. The molecule has 0 spiro atoms. The highest BCUT2D eigenvalue weighted by Gasteiger charge is 2.20. The van der Waals surface area contributed by atoms with Crippen LogP contribution >= 0.6 is 11.6 Å². The molecule has 0 N–H and O–H groups in total. The largest absolute Gasteiger partial charge is 0.340 e. The Labute approximate surface area is 139 Å². The smallest absolute Gasteiger partial charge is 0.223 e. The zero-order chi connectivity index (χ0) is 16.2. The van der Waals surface area contributed by atoms with Gasteiger partial charge in [0.2, 0.25) is 5.91 Å². The Morgan fingerprint density at radius 3 is 2.18 bits per heavy atom. The van der Waals surface area contributed by atoms with E-state index in [9.17, 15) is 4.79 Å². The summed E-state index contributed by atoms with van der Waals surface area (Å²) in [5.41, 5.74) is 2.91. The number of amides is 1. The summed E-state index contributed by atoms with van der Waals surface area (Å²) in [5.74, 6) is 0.600. The lowest BCUT2D eigenvalue weighted by Gasteiger charge is -2.34. The average Bonchev–Trinajstić information content (AvgIpc) is 2.48. The van der Waals surface area contributed by atoms with Crippen molar-refractivity contribution in [2.75, 3.05) is 32.1 Å². The van der Waals surface area contributed by atoms with Crippen molar-refractivity contribution in [2.45, 2.75) is 39.2 Å². The van der Waals surface area contributed by atoms with Crippen LogP contribution in [-0.2, 0) is 16.8 Å². The summed E-state index contributed by atoms with van der Waals surface area (Å²) in [6, 6.07) is 8.92. The van der Waals surface area contributed by atoms with Gasteiger partial charge >= 0.3 is 0 Å². The molecule has 1 aromatic carbocycles. The minimum absolute atomic E-state index is 0.184. The maximum Gasteiger partial charge on any atom is 0.223 e. The van der Waals surface area contributed by atoms with Gasteiger partial charge in [0.15, 0.2) is 0 Å². The third kappa shape index (κ3) is 4.72. The van der Waals surface area contributed by atoms with E-state index in [2.05, 4.69) is 49.9 Å². The van der Waals surface area contributed by atoms with Crippen molar-refractivity contribution in [1.82, 2.24) is 9.80 Å². The number of piperazine rings is 1. The molecule has 1 fully saturated rings. The molecule has 1 saturated heterocycles. The quantitative estimate of drug-likeness (QED) is 0.794. The highest BCUT2D eigenvalue weighted by molar-refractivity contribution is 6.18. The van der Waals surface area contributed by atoms with Gasteiger partial charge in [-0.25, -0.2) is 0 Å². The minimum atomic E-state index is 0.184. The van der Waals surface area contributed by atoms with Crippen LogP contribution in [0.25, 0.3) is 0 Å². The van der Waals surface area contributed by atoms with Crippen molar-refractivity contribution in [3.63, 3.8) is 0 Å². The molecule has 0 unspecified atom stereocenters. The van der Waals surface area contributed by atoms with Gasteiger partial charge < -0.3 is 4.90 Å². The van der Waals surface area contributed by atoms with E-state index in [-0.39, 0.29) is 11.3 Å². The fourth-order valence-corrected chi connectivity index (χ4v) is 2.92. The number of rotatable bonds is 4. The first-order valence-corrected chi connectivity index (χ1v) is 8.59. The van der Waals surface area contributed by atoms with E-state index in [0.29, 0.717) is 12.3 Å². The van der Waals surface area contributed by atoms with E-state index in [0.717, 1.165) is 32.7 Å². The molecule has 0 saturated carbocycles. The highest BCUT2D eigenvalue weighted by Crippen LogP contribution is 2.22. The molecule has 4 heteroatoms. The summed E-state index contributed by atoms with van der Waals surface area (Å²) >= 11 is 5.64. The maximum atomic E-state index is 11.8. The summed E-state index contributed by atoms with van der Waals surface area (Å²) in [4.78, 5) is 16.2. The molecule has 1 aromatic rings. The molecule has 122 valence electrons. The van der Waals surface area contributed by atoms with Crippen molar-refractivity contribution in [3.05, 3.63) is 35.4 Å². The second kappa shape index (κ2) is 7.47. The van der Waals surface area contributed by atoms with Crippen LogP contribution < -0.4 is 0 Å². The van der Waals surface area contributed by atoms with Gasteiger partial charge in [-0.15, -0.1) is 11.6 Å². The summed E-state index contributed by atoms with van der Waals surface area (Å²) in [7, 11) is 0. The average molecular weight is 323 g/mol. The van der Waals surface area contributed by atoms with Crippen LogP contribution in [0.3, 0.4) is 0 Å². The van der Waals surface area contributed by atoms with Crippen LogP contribution in [0.4, 0.5) is 0 Å². The first kappa shape index (κ1) is 17.3. The van der Waals surface area contributed by atoms with Gasteiger partial charge in [-0.3, -0.25) is 9.69 Å². The van der Waals surface area contributed by atoms with Crippen LogP contribution in [0, 0.1) is 0 Å². The van der Waals surface area contributed by atoms with Gasteiger partial charge in [0.1, 0.15) is 0 Å². The van der Waals surface area contributed by atoms with E-state index < -0.39 is 0 Å². The lowest BCUT2D eigenvalue weighted by atomic mass is 9.87. The van der Waals surface area contributed by atoms with E-state index in [4.69, 9.17) is 11.6 Å². The van der Waals surface area contributed by atoms with Crippen LogP contribution in [0.5, 0.6) is 0 Å². The molecular formula is C18H27ClN2O. The first-order chi connectivity index (χ1) is 10.4. The molecule has 3 nitrogen and oxygen atoms in total. The second-order valence-electron chi connectivity index (χ2n) is 7.04. The predicted molar refractivity (Wildman–Crippen MR) is 92.3 cm³/mol. The van der Waals surface area contributed by atoms with E-state index >= 15 is 0 Å². The Morgan fingerprint density at radius 2 is 1.68 bits per heavy atom. The Kier molecular flexibility index (Phi) is 5.87. The predicted octanol–water partition coefficient (Wildman–Crippen LogP) is 3.26. The van der Waals surface area contributed by atoms with Crippen molar-refractivity contribution >= 4 is 17.5 Å². The Morgan fingerprint density at radius 1 is 1.09 bits per heavy atom. The molecule has 1 heterocycles. The van der Waals surface area contributed by atoms with Gasteiger partial charge in [0.05, 0.1) is 0 Å². The molecule has 0 radical (unpaired) electrons. The van der Waals surface area contributed by atoms with E-state index in [1.807, 2.05) is 4.90 Å². The molecule has 0 atom stereocenters. The number of nitrogens with zero attached hydrogens (tertiary/aromatic N) is 2. The molecule has 0 aromatic heterocycles. The summed E-state index contributed by atoms with van der Waals surface area (Å²) in [6.45, 7) is 11.2. The number of benzene rings is 1. The Balaban J connectivity index is 1.84. The summed E-state index contributed by atoms with van der Waals surface area (Å²) < 4.78 is 0. The zero-order valence-electron chi connectivity index (χ0n) is 13.9. The number of carbonyl (C=O) groups excluding carboxylic acids is 1. The SMILES string of the molecule is CC(C)(C)c1ccc(CN2CCN(C(=O)CCCl)CC2)cc1. The number of halogens is 1. The lowest BCUT2D eigenvalue weighted by molar-refractivity contribution is -0.132. The number of alkyl halides is 1. The molecule has 0 bridgehead atoms. The second-order valence-corrected chi connectivity index (χ2v) is 7.42. The fraction of sp³-hybridized carbons (Fsp3) is 0.611. The molecule has 1 amide bonds. The lowest BCUT2D eigenvalue weighted by Crippen LogP contribution is -2.48. The van der Waals surface area contributed by atoms with Crippen LogP contribution in [0.2, 0.25) is 0 Å². The molecule has 0 aliphatic carbocycles. The standard InChI is InChI=1S/C18H27ClN2O/c1-18(2,3)16-6-4-15(5-7-16)14-20-10-12-21(13-11-20)17(22)8-9-19/h4-7H,8-14H2,1-3H3. The molecule has 2 rings (SSSR count). The molecule has 1 aliphatic rings.